The number of piperidine rings is 1. The number of carboxylic acid groups (broad SMARTS) is 1. The van der Waals surface area contributed by atoms with Crippen LogP contribution in [0.15, 0.2) is 79.4 Å². The van der Waals surface area contributed by atoms with Crippen molar-refractivity contribution in [3.05, 3.63) is 107 Å². The minimum absolute atomic E-state index is 0.0943. The second-order valence-corrected chi connectivity index (χ2v) is 11.2. The summed E-state index contributed by atoms with van der Waals surface area (Å²) in [4.78, 5) is 14.7. The van der Waals surface area contributed by atoms with Crippen molar-refractivity contribution in [1.82, 2.24) is 4.90 Å². The van der Waals surface area contributed by atoms with Crippen molar-refractivity contribution in [2.45, 2.75) is 63.8 Å². The van der Waals surface area contributed by atoms with Crippen LogP contribution < -0.4 is 0 Å². The Morgan fingerprint density at radius 3 is 2.17 bits per heavy atom. The van der Waals surface area contributed by atoms with Gasteiger partial charge in [0.1, 0.15) is 5.82 Å². The van der Waals surface area contributed by atoms with Crippen LogP contribution in [0.5, 0.6) is 0 Å². The highest BCUT2D eigenvalue weighted by molar-refractivity contribution is 5.78. The lowest BCUT2D eigenvalue weighted by atomic mass is 9.83. The van der Waals surface area contributed by atoms with Crippen LogP contribution in [0, 0.1) is 11.7 Å². The van der Waals surface area contributed by atoms with Crippen molar-refractivity contribution in [2.75, 3.05) is 13.1 Å². The molecule has 1 saturated heterocycles. The fraction of sp³-hybridized carbons (Fsp3) is 0.382. The van der Waals surface area contributed by atoms with Gasteiger partial charge in [-0.25, -0.2) is 13.2 Å². The van der Waals surface area contributed by atoms with Crippen LogP contribution in [0.1, 0.15) is 80.2 Å². The van der Waals surface area contributed by atoms with Crippen LogP contribution >= 0.6 is 0 Å². The second kappa shape index (κ2) is 12.9. The molecule has 1 fully saturated rings. The number of rotatable bonds is 11. The van der Waals surface area contributed by atoms with E-state index < -0.39 is 24.2 Å². The van der Waals surface area contributed by atoms with Gasteiger partial charge in [0.05, 0.1) is 12.0 Å². The number of hydrogen-bond donors (Lipinski definition) is 1. The zero-order valence-corrected chi connectivity index (χ0v) is 23.3. The van der Waals surface area contributed by atoms with E-state index in [1.54, 1.807) is 24.3 Å². The largest absolute Gasteiger partial charge is 0.481 e. The molecule has 0 saturated carbocycles. The molecule has 1 unspecified atom stereocenters. The number of carbonyl (C=O) groups is 1. The van der Waals surface area contributed by atoms with Gasteiger partial charge in [-0.05, 0) is 84.3 Å². The van der Waals surface area contributed by atoms with Crippen LogP contribution in [-0.2, 0) is 10.7 Å². The quantitative estimate of drug-likeness (QED) is 0.243. The minimum Gasteiger partial charge on any atom is -0.481 e. The molecule has 4 rings (SSSR count). The van der Waals surface area contributed by atoms with Crippen molar-refractivity contribution in [3.8, 4) is 11.1 Å². The Bertz CT molecular complexity index is 1300. The number of aliphatic carboxylic acids is 1. The number of hydrogen-bond acceptors (Lipinski definition) is 2. The van der Waals surface area contributed by atoms with Crippen molar-refractivity contribution >= 4 is 5.97 Å². The van der Waals surface area contributed by atoms with E-state index in [9.17, 15) is 23.1 Å². The summed E-state index contributed by atoms with van der Waals surface area (Å²) in [5, 5.41) is 10.1. The van der Waals surface area contributed by atoms with Gasteiger partial charge in [0, 0.05) is 12.0 Å². The molecule has 3 nitrogen and oxygen atoms in total. The van der Waals surface area contributed by atoms with Gasteiger partial charge in [-0.1, -0.05) is 74.9 Å². The summed E-state index contributed by atoms with van der Waals surface area (Å²) in [5.74, 6) is -4.75. The zero-order chi connectivity index (χ0) is 28.9. The average molecular weight is 550 g/mol. The monoisotopic (exact) mass is 549 g/mol. The van der Waals surface area contributed by atoms with Gasteiger partial charge < -0.3 is 5.11 Å². The van der Waals surface area contributed by atoms with E-state index in [1.807, 2.05) is 32.0 Å². The molecule has 3 aromatic rings. The lowest BCUT2D eigenvalue weighted by Crippen LogP contribution is -2.34. The topological polar surface area (TPSA) is 40.5 Å². The van der Waals surface area contributed by atoms with E-state index in [-0.39, 0.29) is 23.3 Å². The average Bonchev–Trinajstić information content (AvgIpc) is 2.93. The number of likely N-dealkylation sites (tertiary alicyclic amines) is 1. The summed E-state index contributed by atoms with van der Waals surface area (Å²) in [6, 6.07) is 18.3. The third kappa shape index (κ3) is 6.84. The Morgan fingerprint density at radius 2 is 1.60 bits per heavy atom. The lowest BCUT2D eigenvalue weighted by Gasteiger charge is -2.36. The first kappa shape index (κ1) is 29.6. The Hall–Kier alpha value is -3.38. The van der Waals surface area contributed by atoms with Gasteiger partial charge >= 0.3 is 5.97 Å². The van der Waals surface area contributed by atoms with E-state index in [0.717, 1.165) is 54.6 Å². The van der Waals surface area contributed by atoms with Crippen LogP contribution in [0.3, 0.4) is 0 Å². The van der Waals surface area contributed by atoms with Crippen molar-refractivity contribution in [1.29, 1.82) is 0 Å². The van der Waals surface area contributed by atoms with Gasteiger partial charge in [0.2, 0.25) is 0 Å². The molecule has 0 aliphatic carbocycles. The van der Waals surface area contributed by atoms with Crippen LogP contribution in [0.4, 0.5) is 13.2 Å². The highest BCUT2D eigenvalue weighted by atomic mass is 19.3. The smallest absolute Gasteiger partial charge is 0.310 e. The van der Waals surface area contributed by atoms with Gasteiger partial charge in [-0.15, -0.1) is 6.58 Å². The van der Waals surface area contributed by atoms with Crippen molar-refractivity contribution < 1.29 is 23.1 Å². The molecule has 40 heavy (non-hydrogen) atoms. The predicted octanol–water partition coefficient (Wildman–Crippen LogP) is 8.95. The van der Waals surface area contributed by atoms with Gasteiger partial charge in [-0.2, -0.15) is 0 Å². The molecule has 0 bridgehead atoms. The van der Waals surface area contributed by atoms with Gasteiger partial charge in [0.25, 0.3) is 5.92 Å². The van der Waals surface area contributed by atoms with Gasteiger partial charge in [-0.3, -0.25) is 9.69 Å². The summed E-state index contributed by atoms with van der Waals surface area (Å²) in [7, 11) is 0. The first-order chi connectivity index (χ1) is 19.1. The number of benzene rings is 3. The summed E-state index contributed by atoms with van der Waals surface area (Å²) >= 11 is 0. The standard InChI is InChI=1S/C34H38F3NO2/c1-4-18-34(36,37)27-13-8-24(9-14-27)30-22-26(31(33(39)40)21-23(2)3)12-17-29(30)32(38-19-6-5-7-20-38)25-10-15-28(35)16-11-25/h4,8-17,22-23,31-32H,1,5-7,18-21H2,2-3H3,(H,39,40)/t31-,32?/m1/s1. The molecule has 1 aliphatic heterocycles. The van der Waals surface area contributed by atoms with E-state index >= 15 is 0 Å². The molecule has 1 aliphatic rings. The predicted molar refractivity (Wildman–Crippen MR) is 154 cm³/mol. The maximum atomic E-state index is 14.6. The highest BCUT2D eigenvalue weighted by Crippen LogP contribution is 2.41. The minimum atomic E-state index is -3.03. The molecule has 1 heterocycles. The molecule has 0 spiro atoms. The number of nitrogens with zero attached hydrogens (tertiary/aromatic N) is 1. The normalized spacial score (nSPS) is 16.1. The second-order valence-electron chi connectivity index (χ2n) is 11.2. The fourth-order valence-electron chi connectivity index (χ4n) is 5.73. The van der Waals surface area contributed by atoms with E-state index in [4.69, 9.17) is 0 Å². The maximum absolute atomic E-state index is 14.6. The van der Waals surface area contributed by atoms with Crippen molar-refractivity contribution in [3.63, 3.8) is 0 Å². The summed E-state index contributed by atoms with van der Waals surface area (Å²) in [5.41, 5.74) is 3.99. The van der Waals surface area contributed by atoms with E-state index in [0.29, 0.717) is 12.0 Å². The SMILES string of the molecule is C=CCC(F)(F)c1ccc(-c2cc([C@@H](CC(C)C)C(=O)O)ccc2C(c2ccc(F)cc2)N2CCCCC2)cc1. The first-order valence-corrected chi connectivity index (χ1v) is 14.1. The Morgan fingerprint density at radius 1 is 0.975 bits per heavy atom. The van der Waals surface area contributed by atoms with Crippen LogP contribution in [0.25, 0.3) is 11.1 Å². The van der Waals surface area contributed by atoms with Crippen molar-refractivity contribution in [2.24, 2.45) is 5.92 Å². The third-order valence-electron chi connectivity index (χ3n) is 7.74. The summed E-state index contributed by atoms with van der Waals surface area (Å²) < 4.78 is 43.1. The Kier molecular flexibility index (Phi) is 9.52. The third-order valence-corrected chi connectivity index (χ3v) is 7.74. The molecule has 2 atom stereocenters. The first-order valence-electron chi connectivity index (χ1n) is 14.1. The zero-order valence-electron chi connectivity index (χ0n) is 23.3. The number of carboxylic acids is 1. The lowest BCUT2D eigenvalue weighted by molar-refractivity contribution is -0.139. The summed E-state index contributed by atoms with van der Waals surface area (Å²) in [6.45, 7) is 9.19. The molecular weight excluding hydrogens is 511 g/mol. The molecule has 0 aromatic heterocycles. The molecular formula is C34H38F3NO2. The molecule has 1 N–H and O–H groups in total. The number of allylic oxidation sites excluding steroid dienone is 1. The molecule has 212 valence electrons. The molecule has 3 aromatic carbocycles. The Balaban J connectivity index is 1.89. The summed E-state index contributed by atoms with van der Waals surface area (Å²) in [6.07, 6.45) is 4.48. The number of halogens is 3. The van der Waals surface area contributed by atoms with E-state index in [2.05, 4.69) is 11.5 Å². The number of alkyl halides is 2. The Labute approximate surface area is 235 Å². The molecule has 0 amide bonds. The maximum Gasteiger partial charge on any atom is 0.310 e. The fourth-order valence-corrected chi connectivity index (χ4v) is 5.73. The highest BCUT2D eigenvalue weighted by Gasteiger charge is 2.31. The molecule has 6 heteroatoms. The van der Waals surface area contributed by atoms with Crippen LogP contribution in [0.2, 0.25) is 0 Å². The van der Waals surface area contributed by atoms with E-state index in [1.165, 1.54) is 30.3 Å². The molecule has 0 radical (unpaired) electrons. The van der Waals surface area contributed by atoms with Gasteiger partial charge in [0.15, 0.2) is 0 Å². The van der Waals surface area contributed by atoms with Crippen LogP contribution in [-0.4, -0.2) is 29.1 Å².